The Hall–Kier alpha value is -0.570. The minimum Gasteiger partial charge on any atom is -0.356 e. The highest BCUT2D eigenvalue weighted by atomic mass is 16.1. The molecule has 0 aromatic heterocycles. The molecule has 3 nitrogen and oxygen atoms in total. The van der Waals surface area contributed by atoms with Crippen molar-refractivity contribution in [3.63, 3.8) is 0 Å². The van der Waals surface area contributed by atoms with Crippen LogP contribution in [-0.4, -0.2) is 37.0 Å². The largest absolute Gasteiger partial charge is 0.356 e. The highest BCUT2D eigenvalue weighted by Crippen LogP contribution is 1.98. The van der Waals surface area contributed by atoms with E-state index in [9.17, 15) is 4.79 Å². The van der Waals surface area contributed by atoms with Crippen molar-refractivity contribution < 1.29 is 4.79 Å². The second-order valence-electron chi connectivity index (χ2n) is 4.68. The average Bonchev–Trinajstić information content (AvgIpc) is 2.22. The molecular weight excluding hydrogens is 200 g/mol. The summed E-state index contributed by atoms with van der Waals surface area (Å²) in [4.78, 5) is 13.8. The molecule has 0 saturated heterocycles. The van der Waals surface area contributed by atoms with Crippen molar-refractivity contribution >= 4 is 5.91 Å². The average molecular weight is 228 g/mol. The Morgan fingerprint density at radius 3 is 2.31 bits per heavy atom. The molecule has 0 aliphatic heterocycles. The Kier molecular flexibility index (Phi) is 9.30. The van der Waals surface area contributed by atoms with Crippen molar-refractivity contribution in [2.45, 2.75) is 47.0 Å². The van der Waals surface area contributed by atoms with E-state index in [1.165, 1.54) is 6.42 Å². The molecule has 0 aromatic rings. The summed E-state index contributed by atoms with van der Waals surface area (Å²) in [6, 6.07) is 0. The zero-order valence-corrected chi connectivity index (χ0v) is 11.4. The standard InChI is InChI=1S/C13H28N2O/c1-5-15(6-2)10-8-7-9-14-13(16)11-12(3)4/h12H,5-11H2,1-4H3,(H,14,16). The summed E-state index contributed by atoms with van der Waals surface area (Å²) in [5.41, 5.74) is 0. The molecule has 0 saturated carbocycles. The van der Waals surface area contributed by atoms with E-state index < -0.39 is 0 Å². The van der Waals surface area contributed by atoms with E-state index in [2.05, 4.69) is 37.9 Å². The number of rotatable bonds is 9. The van der Waals surface area contributed by atoms with Crippen molar-refractivity contribution in [3.05, 3.63) is 0 Å². The molecular formula is C13H28N2O. The second-order valence-corrected chi connectivity index (χ2v) is 4.68. The number of nitrogens with one attached hydrogen (secondary N) is 1. The summed E-state index contributed by atoms with van der Waals surface area (Å²) < 4.78 is 0. The van der Waals surface area contributed by atoms with Crippen molar-refractivity contribution in [1.82, 2.24) is 10.2 Å². The van der Waals surface area contributed by atoms with Gasteiger partial charge < -0.3 is 10.2 Å². The van der Waals surface area contributed by atoms with Crippen LogP contribution in [0.3, 0.4) is 0 Å². The van der Waals surface area contributed by atoms with Gasteiger partial charge in [0.05, 0.1) is 0 Å². The molecule has 16 heavy (non-hydrogen) atoms. The van der Waals surface area contributed by atoms with Gasteiger partial charge in [-0.2, -0.15) is 0 Å². The third-order valence-electron chi connectivity index (χ3n) is 2.71. The van der Waals surface area contributed by atoms with Crippen LogP contribution in [0.5, 0.6) is 0 Å². The monoisotopic (exact) mass is 228 g/mol. The van der Waals surface area contributed by atoms with Crippen LogP contribution in [0.25, 0.3) is 0 Å². The van der Waals surface area contributed by atoms with Gasteiger partial charge in [-0.1, -0.05) is 27.7 Å². The normalized spacial score (nSPS) is 11.1. The first kappa shape index (κ1) is 15.4. The number of amides is 1. The SMILES string of the molecule is CCN(CC)CCCCNC(=O)CC(C)C. The van der Waals surface area contributed by atoms with Crippen LogP contribution in [-0.2, 0) is 4.79 Å². The van der Waals surface area contributed by atoms with Crippen LogP contribution >= 0.6 is 0 Å². The van der Waals surface area contributed by atoms with Gasteiger partial charge in [0.15, 0.2) is 0 Å². The van der Waals surface area contributed by atoms with Gasteiger partial charge in [-0.25, -0.2) is 0 Å². The molecule has 0 aliphatic carbocycles. The topological polar surface area (TPSA) is 32.3 Å². The summed E-state index contributed by atoms with van der Waals surface area (Å²) in [5, 5.41) is 2.97. The summed E-state index contributed by atoms with van der Waals surface area (Å²) in [5.74, 6) is 0.647. The first-order chi connectivity index (χ1) is 7.60. The zero-order chi connectivity index (χ0) is 12.4. The quantitative estimate of drug-likeness (QED) is 0.614. The molecule has 0 unspecified atom stereocenters. The maximum Gasteiger partial charge on any atom is 0.220 e. The molecule has 0 bridgehead atoms. The summed E-state index contributed by atoms with van der Waals surface area (Å²) in [6.07, 6.45) is 2.90. The van der Waals surface area contributed by atoms with Gasteiger partial charge in [-0.05, 0) is 38.4 Å². The molecule has 1 N–H and O–H groups in total. The molecule has 0 rings (SSSR count). The summed E-state index contributed by atoms with van der Waals surface area (Å²) in [7, 11) is 0. The van der Waals surface area contributed by atoms with Crippen molar-refractivity contribution in [2.75, 3.05) is 26.2 Å². The smallest absolute Gasteiger partial charge is 0.220 e. The zero-order valence-electron chi connectivity index (χ0n) is 11.4. The fourth-order valence-corrected chi connectivity index (χ4v) is 1.67. The Morgan fingerprint density at radius 2 is 1.81 bits per heavy atom. The van der Waals surface area contributed by atoms with Gasteiger partial charge in [0.25, 0.3) is 0 Å². The van der Waals surface area contributed by atoms with E-state index in [1.54, 1.807) is 0 Å². The lowest BCUT2D eigenvalue weighted by Gasteiger charge is -2.17. The predicted octanol–water partition coefficient (Wildman–Crippen LogP) is 2.27. The van der Waals surface area contributed by atoms with Crippen molar-refractivity contribution in [1.29, 1.82) is 0 Å². The van der Waals surface area contributed by atoms with Crippen molar-refractivity contribution in [2.24, 2.45) is 5.92 Å². The van der Waals surface area contributed by atoms with Gasteiger partial charge in [-0.15, -0.1) is 0 Å². The Morgan fingerprint density at radius 1 is 1.19 bits per heavy atom. The molecule has 3 heteroatoms. The third kappa shape index (κ3) is 8.72. The fourth-order valence-electron chi connectivity index (χ4n) is 1.67. The van der Waals surface area contributed by atoms with Gasteiger partial charge in [0.2, 0.25) is 5.91 Å². The van der Waals surface area contributed by atoms with Crippen LogP contribution in [0.2, 0.25) is 0 Å². The highest BCUT2D eigenvalue weighted by molar-refractivity contribution is 5.75. The maximum absolute atomic E-state index is 11.3. The Bertz CT molecular complexity index is 177. The molecule has 0 spiro atoms. The first-order valence-electron chi connectivity index (χ1n) is 6.59. The predicted molar refractivity (Wildman–Crippen MR) is 69.5 cm³/mol. The number of unbranched alkanes of at least 4 members (excludes halogenated alkanes) is 1. The summed E-state index contributed by atoms with van der Waals surface area (Å²) in [6.45, 7) is 12.7. The fraction of sp³-hybridized carbons (Fsp3) is 0.923. The molecule has 1 amide bonds. The number of hydrogen-bond donors (Lipinski definition) is 1. The lowest BCUT2D eigenvalue weighted by atomic mass is 10.1. The van der Waals surface area contributed by atoms with Gasteiger partial charge in [0, 0.05) is 13.0 Å². The van der Waals surface area contributed by atoms with E-state index in [0.717, 1.165) is 32.6 Å². The Labute approximate surface area is 101 Å². The lowest BCUT2D eigenvalue weighted by Crippen LogP contribution is -2.27. The number of carbonyl (C=O) groups is 1. The first-order valence-corrected chi connectivity index (χ1v) is 6.59. The molecule has 0 radical (unpaired) electrons. The minimum atomic E-state index is 0.192. The molecule has 0 aliphatic rings. The number of hydrogen-bond acceptors (Lipinski definition) is 2. The lowest BCUT2D eigenvalue weighted by molar-refractivity contribution is -0.121. The van der Waals surface area contributed by atoms with E-state index in [1.807, 2.05) is 0 Å². The third-order valence-corrected chi connectivity index (χ3v) is 2.71. The molecule has 0 heterocycles. The minimum absolute atomic E-state index is 0.192. The highest BCUT2D eigenvalue weighted by Gasteiger charge is 2.03. The molecule has 0 aromatic carbocycles. The number of nitrogens with zero attached hydrogens (tertiary/aromatic N) is 1. The van der Waals surface area contributed by atoms with E-state index >= 15 is 0 Å². The maximum atomic E-state index is 11.3. The van der Waals surface area contributed by atoms with Crippen LogP contribution in [0, 0.1) is 5.92 Å². The van der Waals surface area contributed by atoms with Crippen LogP contribution in [0.15, 0.2) is 0 Å². The van der Waals surface area contributed by atoms with Gasteiger partial charge in [-0.3, -0.25) is 4.79 Å². The van der Waals surface area contributed by atoms with Crippen LogP contribution < -0.4 is 5.32 Å². The van der Waals surface area contributed by atoms with Crippen LogP contribution in [0.1, 0.15) is 47.0 Å². The van der Waals surface area contributed by atoms with Crippen molar-refractivity contribution in [3.8, 4) is 0 Å². The van der Waals surface area contributed by atoms with Gasteiger partial charge >= 0.3 is 0 Å². The van der Waals surface area contributed by atoms with E-state index in [-0.39, 0.29) is 5.91 Å². The number of carbonyl (C=O) groups excluding carboxylic acids is 1. The molecule has 0 atom stereocenters. The second kappa shape index (κ2) is 9.64. The summed E-state index contributed by atoms with van der Waals surface area (Å²) >= 11 is 0. The van der Waals surface area contributed by atoms with Crippen LogP contribution in [0.4, 0.5) is 0 Å². The van der Waals surface area contributed by atoms with Gasteiger partial charge in [0.1, 0.15) is 0 Å². The molecule has 0 fully saturated rings. The van der Waals surface area contributed by atoms with E-state index in [4.69, 9.17) is 0 Å². The van der Waals surface area contributed by atoms with E-state index in [0.29, 0.717) is 12.3 Å². The Balaban J connectivity index is 3.36. The molecule has 96 valence electrons.